The summed E-state index contributed by atoms with van der Waals surface area (Å²) < 4.78 is 0. The van der Waals surface area contributed by atoms with Gasteiger partial charge in [0.1, 0.15) is 11.5 Å². The van der Waals surface area contributed by atoms with Crippen LogP contribution in [-0.4, -0.2) is 28.3 Å². The average Bonchev–Trinajstić information content (AvgIpc) is 3.24. The summed E-state index contributed by atoms with van der Waals surface area (Å²) in [6.07, 6.45) is 0.706. The van der Waals surface area contributed by atoms with Crippen LogP contribution in [0.25, 0.3) is 10.9 Å². The molecule has 10 nitrogen and oxygen atoms in total. The number of guanidine groups is 1. The van der Waals surface area contributed by atoms with Crippen molar-refractivity contribution in [3.8, 4) is 0 Å². The molecule has 1 amide bonds. The van der Waals surface area contributed by atoms with Gasteiger partial charge in [0.2, 0.25) is 5.96 Å². The Morgan fingerprint density at radius 1 is 1.03 bits per heavy atom. The van der Waals surface area contributed by atoms with E-state index < -0.39 is 0 Å². The van der Waals surface area contributed by atoms with Crippen LogP contribution in [-0.2, 0) is 0 Å². The smallest absolute Gasteiger partial charge is 0.272 e. The highest BCUT2D eigenvalue weighted by Gasteiger charge is 2.13. The largest absolute Gasteiger partial charge is 0.385 e. The summed E-state index contributed by atoms with van der Waals surface area (Å²) in [5.41, 5.74) is 24.2. The monoisotopic (exact) mass is 473 g/mol. The van der Waals surface area contributed by atoms with E-state index in [-0.39, 0.29) is 17.7 Å². The lowest BCUT2D eigenvalue weighted by molar-refractivity contribution is 0.102. The number of aromatic nitrogens is 1. The molecule has 0 bridgehead atoms. The molecular formula is C25H31N9O. The van der Waals surface area contributed by atoms with Crippen molar-refractivity contribution in [2.24, 2.45) is 38.4 Å². The Kier molecular flexibility index (Phi) is 7.88. The van der Waals surface area contributed by atoms with Gasteiger partial charge in [-0.05, 0) is 60.7 Å². The predicted molar refractivity (Wildman–Crippen MR) is 143 cm³/mol. The maximum Gasteiger partial charge on any atom is 0.272 e. The van der Waals surface area contributed by atoms with Gasteiger partial charge in [-0.3, -0.25) is 10.2 Å². The van der Waals surface area contributed by atoms with Gasteiger partial charge in [-0.15, -0.1) is 5.10 Å². The molecule has 3 aromatic rings. The van der Waals surface area contributed by atoms with Gasteiger partial charge in [0.25, 0.3) is 5.91 Å². The third-order valence-corrected chi connectivity index (χ3v) is 5.01. The molecule has 0 saturated carbocycles. The number of anilines is 1. The Hall–Kier alpha value is -4.60. The number of carbonyl (C=O) groups excluding carboxylic acids is 1. The molecule has 0 radical (unpaired) electrons. The number of hydrogen-bond acceptors (Lipinski definition) is 6. The summed E-state index contributed by atoms with van der Waals surface area (Å²) >= 11 is 0. The van der Waals surface area contributed by atoms with E-state index >= 15 is 0 Å². The summed E-state index contributed by atoms with van der Waals surface area (Å²) in [6.45, 7) is 9.57. The van der Waals surface area contributed by atoms with Crippen LogP contribution in [0.4, 0.5) is 5.69 Å². The highest BCUT2D eigenvalue weighted by molar-refractivity contribution is 6.08. The second kappa shape index (κ2) is 11.0. The number of nitrogens with two attached hydrogens (primary N) is 3. The Morgan fingerprint density at radius 3 is 2.34 bits per heavy atom. The number of amides is 1. The first-order valence-corrected chi connectivity index (χ1v) is 11.1. The third kappa shape index (κ3) is 6.94. The highest BCUT2D eigenvalue weighted by atomic mass is 16.1. The van der Waals surface area contributed by atoms with Crippen LogP contribution in [0.5, 0.6) is 0 Å². The first-order chi connectivity index (χ1) is 16.6. The highest BCUT2D eigenvalue weighted by Crippen LogP contribution is 2.21. The minimum Gasteiger partial charge on any atom is -0.385 e. The van der Waals surface area contributed by atoms with Gasteiger partial charge >= 0.3 is 0 Å². The zero-order valence-electron chi connectivity index (χ0n) is 20.1. The van der Waals surface area contributed by atoms with Gasteiger partial charge in [0, 0.05) is 16.6 Å². The molecule has 0 aliphatic heterocycles. The molecule has 1 aromatic heterocycles. The fraction of sp³-hybridized carbons (Fsp3) is 0.200. The molecule has 182 valence electrons. The van der Waals surface area contributed by atoms with E-state index in [1.54, 1.807) is 6.07 Å². The van der Waals surface area contributed by atoms with Crippen LogP contribution < -0.4 is 27.9 Å². The number of fused-ring (bicyclic) bond motifs is 1. The van der Waals surface area contributed by atoms with Crippen LogP contribution in [0.15, 0.2) is 76.2 Å². The number of hydrogen-bond donors (Lipinski definition) is 6. The van der Waals surface area contributed by atoms with Crippen LogP contribution >= 0.6 is 0 Å². The normalized spacial score (nSPS) is 12.0. The molecule has 3 rings (SSSR count). The van der Waals surface area contributed by atoms with Gasteiger partial charge in [0.05, 0.1) is 11.4 Å². The van der Waals surface area contributed by atoms with Crippen molar-refractivity contribution in [3.05, 3.63) is 77.8 Å². The molecule has 0 saturated heterocycles. The van der Waals surface area contributed by atoms with Crippen molar-refractivity contribution in [3.63, 3.8) is 0 Å². The van der Waals surface area contributed by atoms with E-state index in [1.165, 1.54) is 0 Å². The molecule has 9 N–H and O–H groups in total. The quantitative estimate of drug-likeness (QED) is 0.159. The van der Waals surface area contributed by atoms with Gasteiger partial charge in [-0.1, -0.05) is 38.6 Å². The maximum absolute atomic E-state index is 12.9. The minimum absolute atomic E-state index is 0.0958. The van der Waals surface area contributed by atoms with E-state index in [0.29, 0.717) is 23.7 Å². The summed E-state index contributed by atoms with van der Waals surface area (Å²) in [5, 5.41) is 16.0. The maximum atomic E-state index is 12.9. The zero-order valence-corrected chi connectivity index (χ0v) is 20.1. The third-order valence-electron chi connectivity index (χ3n) is 5.01. The van der Waals surface area contributed by atoms with Crippen LogP contribution in [0.1, 0.15) is 48.8 Å². The number of benzene rings is 2. The first kappa shape index (κ1) is 25.0. The summed E-state index contributed by atoms with van der Waals surface area (Å²) in [5.74, 6) is 0.278. The lowest BCUT2D eigenvalue weighted by atomic mass is 9.99. The minimum atomic E-state index is -0.251. The Labute approximate surface area is 204 Å². The number of hydrazone groups is 1. The molecule has 0 unspecified atom stereocenters. The van der Waals surface area contributed by atoms with E-state index in [0.717, 1.165) is 33.5 Å². The molecular weight excluding hydrogens is 442 g/mol. The number of rotatable bonds is 9. The lowest BCUT2D eigenvalue weighted by Crippen LogP contribution is -2.22. The summed E-state index contributed by atoms with van der Waals surface area (Å²) in [4.78, 5) is 16.0. The van der Waals surface area contributed by atoms with Crippen LogP contribution in [0.2, 0.25) is 0 Å². The van der Waals surface area contributed by atoms with Gasteiger partial charge in [-0.25, -0.2) is 0 Å². The fourth-order valence-electron chi connectivity index (χ4n) is 3.37. The second-order valence-corrected chi connectivity index (χ2v) is 8.52. The van der Waals surface area contributed by atoms with Gasteiger partial charge in [0.15, 0.2) is 0 Å². The van der Waals surface area contributed by atoms with E-state index in [4.69, 9.17) is 17.2 Å². The topological polar surface area (TPSA) is 172 Å². The molecule has 0 aliphatic rings. The molecule has 0 fully saturated rings. The van der Waals surface area contributed by atoms with Crippen molar-refractivity contribution in [1.82, 2.24) is 10.4 Å². The number of nitrogens with zero attached hydrogens (tertiary/aromatic N) is 3. The lowest BCUT2D eigenvalue weighted by Gasteiger charge is -2.08. The molecule has 1 heterocycles. The molecule has 0 spiro atoms. The average molecular weight is 474 g/mol. The summed E-state index contributed by atoms with van der Waals surface area (Å²) in [7, 11) is 0. The number of nitrogens with one attached hydrogen (secondary N) is 3. The molecule has 0 aliphatic carbocycles. The first-order valence-electron chi connectivity index (χ1n) is 11.1. The van der Waals surface area contributed by atoms with Crippen molar-refractivity contribution in [1.29, 1.82) is 0 Å². The number of carbonyl (C=O) groups is 1. The number of H-pyrrole nitrogens is 1. The second-order valence-electron chi connectivity index (χ2n) is 8.52. The van der Waals surface area contributed by atoms with E-state index in [2.05, 4.69) is 51.5 Å². The molecule has 35 heavy (non-hydrogen) atoms. The van der Waals surface area contributed by atoms with Crippen molar-refractivity contribution >= 4 is 39.9 Å². The molecule has 0 atom stereocenters. The Morgan fingerprint density at radius 2 is 1.71 bits per heavy atom. The summed E-state index contributed by atoms with van der Waals surface area (Å²) in [6, 6.07) is 14.9. The zero-order chi connectivity index (χ0) is 25.5. The van der Waals surface area contributed by atoms with Gasteiger partial charge in [-0.2, -0.15) is 10.2 Å². The Balaban J connectivity index is 1.78. The van der Waals surface area contributed by atoms with Crippen LogP contribution in [0.3, 0.4) is 0 Å². The van der Waals surface area contributed by atoms with E-state index in [1.807, 2.05) is 49.4 Å². The van der Waals surface area contributed by atoms with Crippen molar-refractivity contribution in [2.45, 2.75) is 27.2 Å². The SMILES string of the molecule is C=C(N)N/N=C(\C)c1ccc(NC(=O)c2cc3cc(/C(CC(C)C)=N/N=C(N)N)ccc3[nH]2)cc1. The van der Waals surface area contributed by atoms with Crippen LogP contribution in [0, 0.1) is 5.92 Å². The predicted octanol–water partition coefficient (Wildman–Crippen LogP) is 3.19. The standard InChI is InChI=1S/C25H31N9O/c1-14(2)11-22(33-34-25(27)28)18-7-10-21-19(12-18)13-23(30-21)24(35)29-20-8-5-17(6-9-20)15(3)31-32-16(4)26/h5-10,12-14,30,32H,4,11,26H2,1-3H3,(H,29,35)(H4,27,28,34)/b31-15+,33-22+. The fourth-order valence-corrected chi connectivity index (χ4v) is 3.37. The molecule has 10 heteroatoms. The van der Waals surface area contributed by atoms with E-state index in [9.17, 15) is 4.79 Å². The Bertz CT molecular complexity index is 1310. The van der Waals surface area contributed by atoms with Crippen molar-refractivity contribution in [2.75, 3.05) is 5.32 Å². The number of aromatic amines is 1. The van der Waals surface area contributed by atoms with Gasteiger partial charge < -0.3 is 27.5 Å². The molecule has 2 aromatic carbocycles. The van der Waals surface area contributed by atoms with Crippen molar-refractivity contribution < 1.29 is 4.79 Å².